The van der Waals surface area contributed by atoms with Gasteiger partial charge in [0.15, 0.2) is 0 Å². The third-order valence-corrected chi connectivity index (χ3v) is 8.04. The van der Waals surface area contributed by atoms with Crippen LogP contribution in [0.5, 0.6) is 0 Å². The summed E-state index contributed by atoms with van der Waals surface area (Å²) >= 11 is 0. The topological polar surface area (TPSA) is 0 Å². The van der Waals surface area contributed by atoms with Gasteiger partial charge in [0.25, 0.3) is 0 Å². The first kappa shape index (κ1) is 34.1. The summed E-state index contributed by atoms with van der Waals surface area (Å²) in [6.45, 7) is 13.9. The fourth-order valence-electron chi connectivity index (χ4n) is 5.97. The van der Waals surface area contributed by atoms with E-state index in [9.17, 15) is 0 Å². The van der Waals surface area contributed by atoms with Crippen molar-refractivity contribution in [3.63, 3.8) is 0 Å². The molecule has 0 N–H and O–H groups in total. The number of allylic oxidation sites excluding steroid dienone is 4. The van der Waals surface area contributed by atoms with Crippen molar-refractivity contribution in [2.24, 2.45) is 0 Å². The molecule has 42 heavy (non-hydrogen) atoms. The van der Waals surface area contributed by atoms with Crippen LogP contribution in [0.4, 0.5) is 0 Å². The summed E-state index contributed by atoms with van der Waals surface area (Å²) in [6, 6.07) is 31.3. The van der Waals surface area contributed by atoms with E-state index >= 15 is 0 Å². The van der Waals surface area contributed by atoms with Crippen molar-refractivity contribution in [1.82, 2.24) is 0 Å². The normalized spacial score (nSPS) is 13.0. The van der Waals surface area contributed by atoms with E-state index in [1.54, 1.807) is 0 Å². The molecule has 4 aromatic rings. The van der Waals surface area contributed by atoms with Crippen LogP contribution >= 0.6 is 0 Å². The number of rotatable bonds is 3. The van der Waals surface area contributed by atoms with Crippen LogP contribution in [0.1, 0.15) is 81.3 Å². The maximum atomic E-state index is 3.90. The molecule has 0 fully saturated rings. The zero-order chi connectivity index (χ0) is 27.4. The Kier molecular flexibility index (Phi) is 10.6. The molecule has 0 saturated carbocycles. The van der Waals surface area contributed by atoms with Crippen LogP contribution in [0, 0.1) is 10.4 Å². The molecule has 0 heterocycles. The number of hydrogen-bond donors (Lipinski definition) is 0. The fraction of sp³-hybridized carbons (Fsp3) is 0.231. The number of benzene rings is 4. The molecule has 0 atom stereocenters. The maximum absolute atomic E-state index is 3.90. The fourth-order valence-corrected chi connectivity index (χ4v) is 5.97. The Labute approximate surface area is 282 Å². The minimum absolute atomic E-state index is 0. The summed E-state index contributed by atoms with van der Waals surface area (Å²) in [4.78, 5) is 0. The second kappa shape index (κ2) is 13.1. The van der Waals surface area contributed by atoms with Crippen molar-refractivity contribution >= 4 is 17.2 Å². The van der Waals surface area contributed by atoms with Crippen LogP contribution in [0.2, 0.25) is 0 Å². The molecule has 0 aromatic heterocycles. The van der Waals surface area contributed by atoms with Gasteiger partial charge in [0, 0.05) is 0 Å². The molecule has 0 saturated heterocycles. The van der Waals surface area contributed by atoms with E-state index in [0.29, 0.717) is 0 Å². The van der Waals surface area contributed by atoms with E-state index in [1.807, 2.05) is 0 Å². The molecule has 2 aliphatic rings. The minimum atomic E-state index is -0.0646. The maximum Gasteiger partial charge on any atom is 3.00 e. The molecule has 6 rings (SSSR count). The summed E-state index contributed by atoms with van der Waals surface area (Å²) in [5.74, 6) is 0. The third kappa shape index (κ3) is 6.26. The van der Waals surface area contributed by atoms with Gasteiger partial charge in [-0.1, -0.05) is 155 Å². The molecule has 2 aliphatic carbocycles. The Hall–Kier alpha value is -2.44. The van der Waals surface area contributed by atoms with E-state index < -0.39 is 0 Å². The molecule has 0 spiro atoms. The van der Waals surface area contributed by atoms with Gasteiger partial charge in [-0.2, -0.15) is 0 Å². The van der Waals surface area contributed by atoms with Gasteiger partial charge in [-0.15, -0.1) is 33.4 Å². The standard InChI is InChI=1S/C39H37.2ClH.Zr/c1-38(2,3)30-22-21-29-23-33-32(31(29)24-30)25-34(39(4,5)6)37(36(33)28-19-13-14-20-28)35(26-15-9-7-10-16-26)27-17-11-8-12-18-27;;;/h7-19,21-22,24-25H,20H2,1-6H3;2*1H;/q-1;;;+3/p-2. The number of halogens is 2. The average molecular weight is 668 g/mol. The van der Waals surface area contributed by atoms with Crippen molar-refractivity contribution in [3.05, 3.63) is 157 Å². The van der Waals surface area contributed by atoms with Gasteiger partial charge in [0.1, 0.15) is 0 Å². The first-order valence-corrected chi connectivity index (χ1v) is 14.1. The molecule has 0 amide bonds. The molecular formula is C39H37Cl2Zr. The predicted molar refractivity (Wildman–Crippen MR) is 166 cm³/mol. The third-order valence-electron chi connectivity index (χ3n) is 8.04. The first-order valence-electron chi connectivity index (χ1n) is 14.1. The molecule has 0 unspecified atom stereocenters. The van der Waals surface area contributed by atoms with Gasteiger partial charge < -0.3 is 24.8 Å². The minimum Gasteiger partial charge on any atom is -1.00 e. The van der Waals surface area contributed by atoms with Crippen molar-refractivity contribution in [2.75, 3.05) is 0 Å². The van der Waals surface area contributed by atoms with E-state index in [2.05, 4.69) is 151 Å². The quantitative estimate of drug-likeness (QED) is 0.259. The molecule has 4 aromatic carbocycles. The van der Waals surface area contributed by atoms with Crippen molar-refractivity contribution in [1.29, 1.82) is 0 Å². The van der Waals surface area contributed by atoms with E-state index in [-0.39, 0.29) is 61.8 Å². The molecule has 0 bridgehead atoms. The second-order valence-electron chi connectivity index (χ2n) is 12.9. The van der Waals surface area contributed by atoms with E-state index in [4.69, 9.17) is 0 Å². The molecule has 3 heteroatoms. The monoisotopic (exact) mass is 665 g/mol. The number of fused-ring (bicyclic) bond motifs is 2. The van der Waals surface area contributed by atoms with Crippen LogP contribution in [-0.2, 0) is 37.0 Å². The molecule has 0 nitrogen and oxygen atoms in total. The van der Waals surface area contributed by atoms with Crippen LogP contribution in [-0.4, -0.2) is 0 Å². The summed E-state index contributed by atoms with van der Waals surface area (Å²) in [7, 11) is 0. The first-order chi connectivity index (χ1) is 18.6. The van der Waals surface area contributed by atoms with Crippen LogP contribution in [0.15, 0.2) is 103 Å². The van der Waals surface area contributed by atoms with Crippen molar-refractivity contribution in [2.45, 2.75) is 58.8 Å². The largest absolute Gasteiger partial charge is 3.00 e. The van der Waals surface area contributed by atoms with Gasteiger partial charge in [0.05, 0.1) is 0 Å². The van der Waals surface area contributed by atoms with Gasteiger partial charge in [-0.05, 0) is 44.7 Å². The average Bonchev–Trinajstić information content (AvgIpc) is 3.56. The summed E-state index contributed by atoms with van der Waals surface area (Å²) < 4.78 is 0. The molecule has 0 aliphatic heterocycles. The zero-order valence-electron chi connectivity index (χ0n) is 25.3. The summed E-state index contributed by atoms with van der Waals surface area (Å²) in [5, 5.41) is 5.16. The van der Waals surface area contributed by atoms with Crippen molar-refractivity contribution < 1.29 is 51.0 Å². The Morgan fingerprint density at radius 1 is 0.690 bits per heavy atom. The van der Waals surface area contributed by atoms with Gasteiger partial charge in [-0.3, -0.25) is 0 Å². The Morgan fingerprint density at radius 3 is 1.79 bits per heavy atom. The second-order valence-corrected chi connectivity index (χ2v) is 12.9. The van der Waals surface area contributed by atoms with Crippen LogP contribution in [0.25, 0.3) is 17.2 Å². The van der Waals surface area contributed by atoms with Gasteiger partial charge >= 0.3 is 26.2 Å². The Bertz CT molecular complexity index is 1830. The van der Waals surface area contributed by atoms with E-state index in [1.165, 1.54) is 65.4 Å². The smallest absolute Gasteiger partial charge is 1.00 e. The van der Waals surface area contributed by atoms with Crippen molar-refractivity contribution in [3.8, 4) is 0 Å². The van der Waals surface area contributed by atoms with E-state index in [0.717, 1.165) is 6.42 Å². The SMILES string of the molecule is CC(C)(C)c1ccc2c(c1)=c1cc(C(C)(C)C)c(=C(c3ccccc3)c3ccccc3)c(C3=CC=CC3)c1[C-]=2.[Cl-].[Cl-].[Zr+3]. The predicted octanol–water partition coefficient (Wildman–Crippen LogP) is 2.18. The van der Waals surface area contributed by atoms with Crippen LogP contribution < -0.4 is 35.3 Å². The summed E-state index contributed by atoms with van der Waals surface area (Å²) in [5.41, 5.74) is 10.5. The molecule has 1 radical (unpaired) electrons. The molecular weight excluding hydrogens is 631 g/mol. The van der Waals surface area contributed by atoms with Crippen LogP contribution in [0.3, 0.4) is 0 Å². The number of hydrogen-bond acceptors (Lipinski definition) is 0. The molecule has 211 valence electrons. The summed E-state index contributed by atoms with van der Waals surface area (Å²) in [6.07, 6.45) is 11.6. The zero-order valence-corrected chi connectivity index (χ0v) is 29.2. The Balaban J connectivity index is 0.00000161. The van der Waals surface area contributed by atoms with Gasteiger partial charge in [0.2, 0.25) is 0 Å². The van der Waals surface area contributed by atoms with Gasteiger partial charge in [-0.25, -0.2) is 0 Å². The Morgan fingerprint density at radius 2 is 1.29 bits per heavy atom.